The molecule has 0 heterocycles. The van der Waals surface area contributed by atoms with Crippen LogP contribution in [0.1, 0.15) is 26.7 Å². The van der Waals surface area contributed by atoms with Crippen molar-refractivity contribution in [1.82, 2.24) is 0 Å². The van der Waals surface area contributed by atoms with E-state index in [2.05, 4.69) is 77.6 Å². The van der Waals surface area contributed by atoms with Crippen molar-refractivity contribution in [2.24, 2.45) is 10.8 Å². The number of fused-ring (bicyclic) bond motifs is 2. The van der Waals surface area contributed by atoms with Crippen LogP contribution in [-0.4, -0.2) is 18.7 Å². The van der Waals surface area contributed by atoms with Crippen molar-refractivity contribution in [1.29, 1.82) is 0 Å². The van der Waals surface area contributed by atoms with Crippen molar-refractivity contribution < 1.29 is 4.79 Å². The van der Waals surface area contributed by atoms with Crippen molar-refractivity contribution in [3.8, 4) is 0 Å². The first-order chi connectivity index (χ1) is 6.71. The SMILES string of the molecule is CC1(C)C(=O)[C@@]2(Br)CC[C@@]1(C(Br)Br)[C@H]2Br. The summed E-state index contributed by atoms with van der Waals surface area (Å²) in [6.07, 6.45) is 1.97. The van der Waals surface area contributed by atoms with Crippen LogP contribution in [0.25, 0.3) is 0 Å². The summed E-state index contributed by atoms with van der Waals surface area (Å²) in [5, 5.41) is 0. The second-order valence-electron chi connectivity index (χ2n) is 5.02. The molecule has 0 radical (unpaired) electrons. The number of carbonyl (C=O) groups excluding carboxylic acids is 1. The normalized spacial score (nSPS) is 47.9. The zero-order chi connectivity index (χ0) is 11.6. The Labute approximate surface area is 124 Å². The van der Waals surface area contributed by atoms with E-state index in [4.69, 9.17) is 0 Å². The van der Waals surface area contributed by atoms with Gasteiger partial charge in [-0.05, 0) is 12.8 Å². The Bertz CT molecular complexity index is 327. The molecule has 0 amide bonds. The highest BCUT2D eigenvalue weighted by Gasteiger charge is 2.75. The zero-order valence-electron chi connectivity index (χ0n) is 8.49. The molecule has 0 spiro atoms. The first kappa shape index (κ1) is 13.0. The smallest absolute Gasteiger partial charge is 0.156 e. The lowest BCUT2D eigenvalue weighted by atomic mass is 9.65. The van der Waals surface area contributed by atoms with Gasteiger partial charge in [-0.25, -0.2) is 0 Å². The number of alkyl halides is 4. The molecule has 0 aromatic rings. The number of hydrogen-bond donors (Lipinski definition) is 0. The van der Waals surface area contributed by atoms with Crippen LogP contribution in [0, 0.1) is 10.8 Å². The molecule has 2 saturated carbocycles. The molecule has 5 heteroatoms. The largest absolute Gasteiger partial charge is 0.297 e. The lowest BCUT2D eigenvalue weighted by Crippen LogP contribution is -2.45. The van der Waals surface area contributed by atoms with Crippen LogP contribution in [0.3, 0.4) is 0 Å². The standard InChI is InChI=1S/C10H12Br4O/c1-8(2)6(15)10(14)4-3-9(8,5(10)11)7(12)13/h5,7H,3-4H2,1-2H3/t5-,9+,10-/m1/s1. The molecule has 0 aromatic heterocycles. The quantitative estimate of drug-likeness (QED) is 0.523. The Morgan fingerprint density at radius 3 is 2.13 bits per heavy atom. The predicted octanol–water partition coefficient (Wildman–Crippen LogP) is 4.39. The van der Waals surface area contributed by atoms with Gasteiger partial charge in [0.05, 0.1) is 8.06 Å². The highest BCUT2D eigenvalue weighted by atomic mass is 79.9. The van der Waals surface area contributed by atoms with Gasteiger partial charge in [-0.2, -0.15) is 0 Å². The molecule has 0 aliphatic heterocycles. The van der Waals surface area contributed by atoms with Gasteiger partial charge in [-0.1, -0.05) is 77.6 Å². The lowest BCUT2D eigenvalue weighted by molar-refractivity contribution is -0.131. The second kappa shape index (κ2) is 3.55. The van der Waals surface area contributed by atoms with Crippen LogP contribution in [-0.2, 0) is 4.79 Å². The van der Waals surface area contributed by atoms with Gasteiger partial charge in [0, 0.05) is 15.7 Å². The summed E-state index contributed by atoms with van der Waals surface area (Å²) in [6.45, 7) is 4.11. The molecule has 2 aliphatic carbocycles. The first-order valence-electron chi connectivity index (χ1n) is 4.87. The third-order valence-corrected chi connectivity index (χ3v) is 9.32. The third kappa shape index (κ3) is 1.27. The van der Waals surface area contributed by atoms with E-state index >= 15 is 0 Å². The molecule has 2 aliphatic rings. The van der Waals surface area contributed by atoms with E-state index in [0.717, 1.165) is 12.8 Å². The van der Waals surface area contributed by atoms with E-state index in [1.54, 1.807) is 0 Å². The Hall–Kier alpha value is 1.59. The van der Waals surface area contributed by atoms with Crippen LogP contribution in [0.2, 0.25) is 0 Å². The summed E-state index contributed by atoms with van der Waals surface area (Å²) < 4.78 is -0.209. The van der Waals surface area contributed by atoms with Crippen molar-refractivity contribution in [2.75, 3.05) is 0 Å². The molecular weight excluding hydrogens is 456 g/mol. The third-order valence-electron chi connectivity index (χ3n) is 4.25. The van der Waals surface area contributed by atoms with Gasteiger partial charge in [0.15, 0.2) is 5.78 Å². The van der Waals surface area contributed by atoms with Crippen LogP contribution >= 0.6 is 63.7 Å². The Morgan fingerprint density at radius 2 is 1.87 bits per heavy atom. The molecule has 2 fully saturated rings. The van der Waals surface area contributed by atoms with Crippen molar-refractivity contribution >= 4 is 69.5 Å². The predicted molar refractivity (Wildman–Crippen MR) is 76.5 cm³/mol. The number of Topliss-reactive ketones (excluding diaryl/α,β-unsaturated/α-hetero) is 1. The minimum absolute atomic E-state index is 0.0480. The highest BCUT2D eigenvalue weighted by Crippen LogP contribution is 2.72. The van der Waals surface area contributed by atoms with E-state index in [-0.39, 0.29) is 23.7 Å². The summed E-state index contributed by atoms with van der Waals surface area (Å²) in [5.74, 6) is 0.326. The fourth-order valence-electron chi connectivity index (χ4n) is 3.13. The number of halogens is 4. The van der Waals surface area contributed by atoms with E-state index in [1.165, 1.54) is 0 Å². The van der Waals surface area contributed by atoms with E-state index in [0.29, 0.717) is 5.78 Å². The molecule has 2 bridgehead atoms. The number of hydrogen-bond acceptors (Lipinski definition) is 1. The maximum Gasteiger partial charge on any atom is 0.156 e. The minimum atomic E-state index is -0.365. The minimum Gasteiger partial charge on any atom is -0.297 e. The molecule has 0 N–H and O–H groups in total. The summed E-state index contributed by atoms with van der Waals surface area (Å²) in [5.41, 5.74) is -0.353. The summed E-state index contributed by atoms with van der Waals surface area (Å²) >= 11 is 14.6. The summed E-state index contributed by atoms with van der Waals surface area (Å²) in [7, 11) is 0. The lowest BCUT2D eigenvalue weighted by Gasteiger charge is -2.43. The number of rotatable bonds is 1. The molecule has 0 saturated heterocycles. The van der Waals surface area contributed by atoms with E-state index in [9.17, 15) is 4.79 Å². The van der Waals surface area contributed by atoms with Crippen LogP contribution in [0.4, 0.5) is 0 Å². The van der Waals surface area contributed by atoms with E-state index < -0.39 is 0 Å². The van der Waals surface area contributed by atoms with Crippen molar-refractivity contribution in [3.63, 3.8) is 0 Å². The average molecular weight is 468 g/mol. The molecule has 86 valence electrons. The first-order valence-corrected chi connectivity index (χ1v) is 8.41. The molecule has 3 atom stereocenters. The van der Waals surface area contributed by atoms with Gasteiger partial charge in [0.1, 0.15) is 0 Å². The van der Waals surface area contributed by atoms with Crippen molar-refractivity contribution in [3.05, 3.63) is 0 Å². The molecular formula is C10H12Br4O. The summed E-state index contributed by atoms with van der Waals surface area (Å²) in [6, 6.07) is 0. The fourth-order valence-corrected chi connectivity index (χ4v) is 8.58. The zero-order valence-corrected chi connectivity index (χ0v) is 14.8. The second-order valence-corrected chi connectivity index (χ2v) is 10.4. The Morgan fingerprint density at radius 1 is 1.33 bits per heavy atom. The van der Waals surface area contributed by atoms with Crippen LogP contribution in [0.5, 0.6) is 0 Å². The van der Waals surface area contributed by atoms with Gasteiger partial charge < -0.3 is 0 Å². The number of ketones is 1. The van der Waals surface area contributed by atoms with Gasteiger partial charge in [0.25, 0.3) is 0 Å². The van der Waals surface area contributed by atoms with Crippen LogP contribution in [0.15, 0.2) is 0 Å². The molecule has 2 rings (SSSR count). The van der Waals surface area contributed by atoms with Gasteiger partial charge >= 0.3 is 0 Å². The van der Waals surface area contributed by atoms with E-state index in [1.807, 2.05) is 0 Å². The van der Waals surface area contributed by atoms with Gasteiger partial charge in [-0.3, -0.25) is 4.79 Å². The maximum absolute atomic E-state index is 12.4. The molecule has 1 nitrogen and oxygen atoms in total. The Balaban J connectivity index is 2.61. The fraction of sp³-hybridized carbons (Fsp3) is 0.900. The molecule has 0 unspecified atom stereocenters. The molecule has 15 heavy (non-hydrogen) atoms. The summed E-state index contributed by atoms with van der Waals surface area (Å²) in [4.78, 5) is 12.6. The number of carbonyl (C=O) groups is 1. The maximum atomic E-state index is 12.4. The average Bonchev–Trinajstić information content (AvgIpc) is 2.45. The van der Waals surface area contributed by atoms with Gasteiger partial charge in [-0.15, -0.1) is 0 Å². The van der Waals surface area contributed by atoms with Crippen molar-refractivity contribution in [2.45, 2.75) is 39.6 Å². The highest BCUT2D eigenvalue weighted by molar-refractivity contribution is 9.24. The monoisotopic (exact) mass is 464 g/mol. The van der Waals surface area contributed by atoms with Gasteiger partial charge in [0.2, 0.25) is 0 Å². The molecule has 0 aromatic carbocycles. The Kier molecular flexibility index (Phi) is 3.08. The topological polar surface area (TPSA) is 17.1 Å². The van der Waals surface area contributed by atoms with Crippen LogP contribution < -0.4 is 0 Å².